The molecule has 0 amide bonds. The summed E-state index contributed by atoms with van der Waals surface area (Å²) in [5, 5.41) is 17.6. The Balaban J connectivity index is 3.28. The van der Waals surface area contributed by atoms with Crippen LogP contribution in [0.25, 0.3) is 0 Å². The third-order valence-electron chi connectivity index (χ3n) is 5.61. The number of aliphatic hydroxyl groups is 1. The molecule has 0 spiro atoms. The van der Waals surface area contributed by atoms with E-state index in [1.807, 2.05) is 0 Å². The number of aliphatic hydroxyl groups excluding tert-OH is 1. The van der Waals surface area contributed by atoms with Gasteiger partial charge in [0, 0.05) is 13.0 Å². The van der Waals surface area contributed by atoms with Crippen LogP contribution in [0, 0.1) is 0 Å². The average Bonchev–Trinajstić information content (AvgIpc) is 2.67. The molecular formula is C23H47NO4. The lowest BCUT2D eigenvalue weighted by molar-refractivity contribution is 0.0360. The largest absolute Gasteiger partial charge is 0.506 e. The van der Waals surface area contributed by atoms with E-state index in [1.165, 1.54) is 90.3 Å². The predicted octanol–water partition coefficient (Wildman–Crippen LogP) is 6.24. The topological polar surface area (TPSA) is 70.0 Å². The molecule has 0 radical (unpaired) electrons. The van der Waals surface area contributed by atoms with Crippen molar-refractivity contribution in [2.75, 3.05) is 26.2 Å². The van der Waals surface area contributed by atoms with Crippen LogP contribution >= 0.6 is 0 Å². The standard InChI is InChI=1S/C23H47NO4/c1-3-24(4-2)20-17-15-13-11-9-7-5-6-8-10-12-14-16-18-22(19-21-25)28-23(26)27/h22,25H,3-21H2,1-2H3,(H,26,27). The minimum Gasteiger partial charge on any atom is -0.450 e. The summed E-state index contributed by atoms with van der Waals surface area (Å²) >= 11 is 0. The highest BCUT2D eigenvalue weighted by atomic mass is 16.7. The quantitative estimate of drug-likeness (QED) is 0.176. The first-order valence-electron chi connectivity index (χ1n) is 11.9. The second-order valence-electron chi connectivity index (χ2n) is 7.93. The highest BCUT2D eigenvalue weighted by molar-refractivity contribution is 5.57. The first kappa shape index (κ1) is 27.2. The molecule has 5 nitrogen and oxygen atoms in total. The zero-order valence-electron chi connectivity index (χ0n) is 18.7. The van der Waals surface area contributed by atoms with Gasteiger partial charge in [-0.3, -0.25) is 0 Å². The van der Waals surface area contributed by atoms with Gasteiger partial charge in [0.2, 0.25) is 0 Å². The van der Waals surface area contributed by atoms with Crippen LogP contribution in [-0.2, 0) is 4.74 Å². The van der Waals surface area contributed by atoms with Gasteiger partial charge in [0.25, 0.3) is 0 Å². The van der Waals surface area contributed by atoms with Crippen molar-refractivity contribution in [1.82, 2.24) is 4.90 Å². The Morgan fingerprint density at radius 1 is 0.750 bits per heavy atom. The lowest BCUT2D eigenvalue weighted by Crippen LogP contribution is -2.23. The molecule has 0 heterocycles. The summed E-state index contributed by atoms with van der Waals surface area (Å²) < 4.78 is 4.78. The number of nitrogens with zero attached hydrogens (tertiary/aromatic N) is 1. The van der Waals surface area contributed by atoms with E-state index < -0.39 is 6.16 Å². The number of carboxylic acid groups (broad SMARTS) is 1. The lowest BCUT2D eigenvalue weighted by Gasteiger charge is -2.17. The number of hydrogen-bond acceptors (Lipinski definition) is 4. The molecule has 28 heavy (non-hydrogen) atoms. The molecule has 0 aliphatic carbocycles. The van der Waals surface area contributed by atoms with Crippen LogP contribution < -0.4 is 0 Å². The van der Waals surface area contributed by atoms with E-state index in [-0.39, 0.29) is 12.7 Å². The van der Waals surface area contributed by atoms with Crippen molar-refractivity contribution in [2.45, 2.75) is 116 Å². The molecule has 1 unspecified atom stereocenters. The first-order chi connectivity index (χ1) is 13.6. The molecule has 0 saturated carbocycles. The molecule has 0 aliphatic rings. The summed E-state index contributed by atoms with van der Waals surface area (Å²) in [5.74, 6) is 0. The highest BCUT2D eigenvalue weighted by Crippen LogP contribution is 2.15. The molecule has 0 aromatic heterocycles. The van der Waals surface area contributed by atoms with Gasteiger partial charge < -0.3 is 19.8 Å². The van der Waals surface area contributed by atoms with Gasteiger partial charge in [-0.05, 0) is 38.9 Å². The fourth-order valence-corrected chi connectivity index (χ4v) is 3.74. The molecule has 0 rings (SSSR count). The third-order valence-corrected chi connectivity index (χ3v) is 5.61. The Hall–Kier alpha value is -0.810. The number of unbranched alkanes of at least 4 members (excludes halogenated alkanes) is 12. The minimum atomic E-state index is -1.24. The number of hydrogen-bond donors (Lipinski definition) is 2. The van der Waals surface area contributed by atoms with Gasteiger partial charge in [0.1, 0.15) is 6.10 Å². The van der Waals surface area contributed by atoms with Gasteiger partial charge in [0.15, 0.2) is 0 Å². The van der Waals surface area contributed by atoms with E-state index in [1.54, 1.807) is 0 Å². The van der Waals surface area contributed by atoms with Crippen LogP contribution in [0.15, 0.2) is 0 Å². The molecule has 0 aliphatic heterocycles. The van der Waals surface area contributed by atoms with Crippen LogP contribution in [0.3, 0.4) is 0 Å². The fraction of sp³-hybridized carbons (Fsp3) is 0.957. The van der Waals surface area contributed by atoms with Gasteiger partial charge in [-0.1, -0.05) is 84.5 Å². The van der Waals surface area contributed by atoms with Crippen LogP contribution in [0.5, 0.6) is 0 Å². The summed E-state index contributed by atoms with van der Waals surface area (Å²) in [6, 6.07) is 0. The molecule has 2 N–H and O–H groups in total. The summed E-state index contributed by atoms with van der Waals surface area (Å²) in [6.45, 7) is 8.10. The summed E-state index contributed by atoms with van der Waals surface area (Å²) in [4.78, 5) is 13.1. The molecule has 0 aromatic rings. The molecule has 0 fully saturated rings. The van der Waals surface area contributed by atoms with Gasteiger partial charge in [-0.15, -0.1) is 0 Å². The Morgan fingerprint density at radius 3 is 1.57 bits per heavy atom. The molecule has 168 valence electrons. The first-order valence-corrected chi connectivity index (χ1v) is 11.9. The maximum atomic E-state index is 10.6. The summed E-state index contributed by atoms with van der Waals surface area (Å²) in [6.07, 6.45) is 16.4. The number of rotatable bonds is 21. The number of carbonyl (C=O) groups is 1. The highest BCUT2D eigenvalue weighted by Gasteiger charge is 2.12. The predicted molar refractivity (Wildman–Crippen MR) is 117 cm³/mol. The van der Waals surface area contributed by atoms with Crippen LogP contribution in [-0.4, -0.2) is 53.6 Å². The van der Waals surface area contributed by atoms with E-state index in [4.69, 9.17) is 14.9 Å². The minimum absolute atomic E-state index is 0.0196. The Morgan fingerprint density at radius 2 is 1.18 bits per heavy atom. The van der Waals surface area contributed by atoms with E-state index in [2.05, 4.69) is 18.7 Å². The molecule has 5 heteroatoms. The normalized spacial score (nSPS) is 12.4. The van der Waals surface area contributed by atoms with Crippen molar-refractivity contribution < 1.29 is 19.7 Å². The van der Waals surface area contributed by atoms with E-state index in [0.717, 1.165) is 19.3 Å². The Bertz CT molecular complexity index is 335. The van der Waals surface area contributed by atoms with Crippen molar-refractivity contribution in [1.29, 1.82) is 0 Å². The van der Waals surface area contributed by atoms with E-state index in [0.29, 0.717) is 6.42 Å². The zero-order chi connectivity index (χ0) is 20.9. The smallest absolute Gasteiger partial charge is 0.450 e. The van der Waals surface area contributed by atoms with Gasteiger partial charge in [0.05, 0.1) is 0 Å². The third kappa shape index (κ3) is 18.5. The molecule has 0 bridgehead atoms. The van der Waals surface area contributed by atoms with Crippen molar-refractivity contribution in [3.63, 3.8) is 0 Å². The van der Waals surface area contributed by atoms with Crippen molar-refractivity contribution in [3.05, 3.63) is 0 Å². The monoisotopic (exact) mass is 401 g/mol. The summed E-state index contributed by atoms with van der Waals surface area (Å²) in [7, 11) is 0. The average molecular weight is 402 g/mol. The molecular weight excluding hydrogens is 354 g/mol. The fourth-order valence-electron chi connectivity index (χ4n) is 3.74. The SMILES string of the molecule is CCN(CC)CCCCCCCCCCCCCCCC(CCO)OC(=O)O. The maximum absolute atomic E-state index is 10.6. The summed E-state index contributed by atoms with van der Waals surface area (Å²) in [5.41, 5.74) is 0. The van der Waals surface area contributed by atoms with Crippen LogP contribution in [0.2, 0.25) is 0 Å². The van der Waals surface area contributed by atoms with E-state index >= 15 is 0 Å². The van der Waals surface area contributed by atoms with Crippen LogP contribution in [0.1, 0.15) is 110 Å². The van der Waals surface area contributed by atoms with Crippen LogP contribution in [0.4, 0.5) is 4.79 Å². The number of ether oxygens (including phenoxy) is 1. The van der Waals surface area contributed by atoms with Crippen molar-refractivity contribution in [3.8, 4) is 0 Å². The van der Waals surface area contributed by atoms with Crippen molar-refractivity contribution in [2.24, 2.45) is 0 Å². The Labute approximate surface area is 173 Å². The second kappa shape index (κ2) is 20.9. The maximum Gasteiger partial charge on any atom is 0.506 e. The van der Waals surface area contributed by atoms with Crippen molar-refractivity contribution >= 4 is 6.16 Å². The molecule has 1 atom stereocenters. The molecule has 0 saturated heterocycles. The van der Waals surface area contributed by atoms with Gasteiger partial charge in [-0.25, -0.2) is 4.79 Å². The zero-order valence-corrected chi connectivity index (χ0v) is 18.7. The molecule has 0 aromatic carbocycles. The van der Waals surface area contributed by atoms with Gasteiger partial charge in [-0.2, -0.15) is 0 Å². The second-order valence-corrected chi connectivity index (χ2v) is 7.93. The Kier molecular flexibility index (Phi) is 20.3. The van der Waals surface area contributed by atoms with E-state index in [9.17, 15) is 4.79 Å². The van der Waals surface area contributed by atoms with Gasteiger partial charge >= 0.3 is 6.16 Å². The lowest BCUT2D eigenvalue weighted by atomic mass is 10.0.